The minimum atomic E-state index is -0.108. The zero-order valence-corrected chi connectivity index (χ0v) is 17.6. The van der Waals surface area contributed by atoms with Gasteiger partial charge in [-0.1, -0.05) is 12.1 Å². The standard InChI is InChI=1S/C16H26N4O2S.HI/c1-4-17-16(18-9-10-23-3)20-12-15(21)19-11-13-5-7-14(22-2)8-6-13;/h5-8H,4,9-12H2,1-3H3,(H,19,21)(H2,17,18,20);1H. The van der Waals surface area contributed by atoms with Gasteiger partial charge in [-0.25, -0.2) is 4.99 Å². The molecule has 0 aliphatic rings. The first-order valence-electron chi connectivity index (χ1n) is 7.60. The van der Waals surface area contributed by atoms with Gasteiger partial charge in [0.1, 0.15) is 12.3 Å². The number of hydrogen-bond donors (Lipinski definition) is 3. The number of methoxy groups -OCH3 is 1. The van der Waals surface area contributed by atoms with E-state index in [1.165, 1.54) is 0 Å². The molecule has 1 rings (SSSR count). The third-order valence-electron chi connectivity index (χ3n) is 2.97. The highest BCUT2D eigenvalue weighted by Gasteiger charge is 2.02. The number of nitrogens with zero attached hydrogens (tertiary/aromatic N) is 1. The van der Waals surface area contributed by atoms with Gasteiger partial charge in [0.25, 0.3) is 0 Å². The molecule has 8 heteroatoms. The molecule has 0 spiro atoms. The fraction of sp³-hybridized carbons (Fsp3) is 0.500. The SMILES string of the molecule is CCNC(=NCC(=O)NCc1ccc(OC)cc1)NCCSC.I. The van der Waals surface area contributed by atoms with Gasteiger partial charge in [-0.2, -0.15) is 11.8 Å². The van der Waals surface area contributed by atoms with Crippen LogP contribution in [0, 0.1) is 0 Å². The fourth-order valence-corrected chi connectivity index (χ4v) is 2.07. The summed E-state index contributed by atoms with van der Waals surface area (Å²) in [4.78, 5) is 16.2. The van der Waals surface area contributed by atoms with E-state index in [1.807, 2.05) is 31.2 Å². The van der Waals surface area contributed by atoms with E-state index in [0.717, 1.165) is 30.2 Å². The average Bonchev–Trinajstić information content (AvgIpc) is 2.58. The number of hydrogen-bond acceptors (Lipinski definition) is 4. The van der Waals surface area contributed by atoms with E-state index < -0.39 is 0 Å². The van der Waals surface area contributed by atoms with Gasteiger partial charge < -0.3 is 20.7 Å². The molecule has 6 nitrogen and oxygen atoms in total. The second kappa shape index (κ2) is 14.2. The first kappa shape index (κ1) is 22.8. The van der Waals surface area contributed by atoms with Crippen molar-refractivity contribution in [1.82, 2.24) is 16.0 Å². The summed E-state index contributed by atoms with van der Waals surface area (Å²) in [6, 6.07) is 7.60. The molecule has 136 valence electrons. The number of thioether (sulfide) groups is 1. The van der Waals surface area contributed by atoms with Crippen molar-refractivity contribution in [2.24, 2.45) is 4.99 Å². The Morgan fingerprint density at radius 3 is 2.50 bits per heavy atom. The van der Waals surface area contributed by atoms with Crippen molar-refractivity contribution in [2.45, 2.75) is 13.5 Å². The maximum absolute atomic E-state index is 11.9. The number of carbonyl (C=O) groups is 1. The molecule has 0 aromatic heterocycles. The molecule has 1 amide bonds. The van der Waals surface area contributed by atoms with E-state index >= 15 is 0 Å². The molecule has 0 fully saturated rings. The van der Waals surface area contributed by atoms with Crippen LogP contribution in [0.4, 0.5) is 0 Å². The summed E-state index contributed by atoms with van der Waals surface area (Å²) in [5.41, 5.74) is 1.02. The van der Waals surface area contributed by atoms with Gasteiger partial charge in [0.15, 0.2) is 5.96 Å². The third kappa shape index (κ3) is 9.86. The molecule has 0 unspecified atom stereocenters. The number of ether oxygens (including phenoxy) is 1. The van der Waals surface area contributed by atoms with E-state index in [9.17, 15) is 4.79 Å². The van der Waals surface area contributed by atoms with Crippen molar-refractivity contribution < 1.29 is 9.53 Å². The maximum atomic E-state index is 11.9. The molecule has 0 atom stereocenters. The molecule has 0 bridgehead atoms. The van der Waals surface area contributed by atoms with Crippen LogP contribution >= 0.6 is 35.7 Å². The van der Waals surface area contributed by atoms with Crippen molar-refractivity contribution in [1.29, 1.82) is 0 Å². The van der Waals surface area contributed by atoms with Crippen LogP contribution in [-0.4, -0.2) is 50.6 Å². The number of benzene rings is 1. The Balaban J connectivity index is 0.00000529. The fourth-order valence-electron chi connectivity index (χ4n) is 1.76. The zero-order chi connectivity index (χ0) is 16.9. The molecule has 0 saturated heterocycles. The molecule has 0 radical (unpaired) electrons. The summed E-state index contributed by atoms with van der Waals surface area (Å²) in [5.74, 6) is 2.36. The molecule has 0 aliphatic heterocycles. The predicted molar refractivity (Wildman–Crippen MR) is 113 cm³/mol. The number of aliphatic imine (C=N–C) groups is 1. The van der Waals surface area contributed by atoms with Crippen LogP contribution in [0.15, 0.2) is 29.3 Å². The normalized spacial score (nSPS) is 10.5. The van der Waals surface area contributed by atoms with Crippen LogP contribution in [0.5, 0.6) is 5.75 Å². The summed E-state index contributed by atoms with van der Waals surface area (Å²) >= 11 is 1.76. The quantitative estimate of drug-likeness (QED) is 0.224. The number of halogens is 1. The largest absolute Gasteiger partial charge is 0.497 e. The summed E-state index contributed by atoms with van der Waals surface area (Å²) in [6.45, 7) is 4.16. The molecule has 3 N–H and O–H groups in total. The first-order chi connectivity index (χ1) is 11.2. The van der Waals surface area contributed by atoms with Gasteiger partial charge in [-0.05, 0) is 30.9 Å². The van der Waals surface area contributed by atoms with Crippen molar-refractivity contribution in [3.63, 3.8) is 0 Å². The summed E-state index contributed by atoms with van der Waals surface area (Å²) in [7, 11) is 1.63. The monoisotopic (exact) mass is 466 g/mol. The molecule has 24 heavy (non-hydrogen) atoms. The Kier molecular flexibility index (Phi) is 13.5. The van der Waals surface area contributed by atoms with Crippen molar-refractivity contribution in [3.05, 3.63) is 29.8 Å². The van der Waals surface area contributed by atoms with Gasteiger partial charge in [-0.15, -0.1) is 24.0 Å². The molecule has 0 heterocycles. The maximum Gasteiger partial charge on any atom is 0.242 e. The van der Waals surface area contributed by atoms with E-state index in [4.69, 9.17) is 4.74 Å². The zero-order valence-electron chi connectivity index (χ0n) is 14.4. The topological polar surface area (TPSA) is 74.8 Å². The van der Waals surface area contributed by atoms with Gasteiger partial charge in [0.05, 0.1) is 7.11 Å². The Morgan fingerprint density at radius 1 is 1.21 bits per heavy atom. The highest BCUT2D eigenvalue weighted by Crippen LogP contribution is 2.10. The lowest BCUT2D eigenvalue weighted by Crippen LogP contribution is -2.39. The number of nitrogens with one attached hydrogen (secondary N) is 3. The molecule has 0 aliphatic carbocycles. The van der Waals surface area contributed by atoms with E-state index in [-0.39, 0.29) is 36.4 Å². The predicted octanol–water partition coefficient (Wildman–Crippen LogP) is 1.85. The molecule has 0 saturated carbocycles. The van der Waals surface area contributed by atoms with E-state index in [0.29, 0.717) is 12.5 Å². The van der Waals surface area contributed by atoms with Crippen LogP contribution in [0.2, 0.25) is 0 Å². The van der Waals surface area contributed by atoms with Gasteiger partial charge in [0.2, 0.25) is 5.91 Å². The number of guanidine groups is 1. The van der Waals surface area contributed by atoms with Gasteiger partial charge >= 0.3 is 0 Å². The molecular formula is C16H27IN4O2S. The molecule has 1 aromatic rings. The summed E-state index contributed by atoms with van der Waals surface area (Å²) < 4.78 is 5.10. The van der Waals surface area contributed by atoms with Crippen LogP contribution < -0.4 is 20.7 Å². The first-order valence-corrected chi connectivity index (χ1v) is 8.99. The van der Waals surface area contributed by atoms with Crippen molar-refractivity contribution in [3.8, 4) is 5.75 Å². The summed E-state index contributed by atoms with van der Waals surface area (Å²) in [5, 5.41) is 9.16. The number of rotatable bonds is 9. The van der Waals surface area contributed by atoms with Crippen LogP contribution in [-0.2, 0) is 11.3 Å². The van der Waals surface area contributed by atoms with Gasteiger partial charge in [0, 0.05) is 25.4 Å². The third-order valence-corrected chi connectivity index (χ3v) is 3.58. The van der Waals surface area contributed by atoms with Crippen molar-refractivity contribution >= 4 is 47.6 Å². The Bertz CT molecular complexity index is 497. The Labute approximate surface area is 165 Å². The lowest BCUT2D eigenvalue weighted by atomic mass is 10.2. The van der Waals surface area contributed by atoms with E-state index in [1.54, 1.807) is 18.9 Å². The summed E-state index contributed by atoms with van der Waals surface area (Å²) in [6.07, 6.45) is 2.05. The minimum Gasteiger partial charge on any atom is -0.497 e. The molecule has 1 aromatic carbocycles. The number of amides is 1. The lowest BCUT2D eigenvalue weighted by Gasteiger charge is -2.10. The van der Waals surface area contributed by atoms with Crippen LogP contribution in [0.3, 0.4) is 0 Å². The highest BCUT2D eigenvalue weighted by molar-refractivity contribution is 14.0. The van der Waals surface area contributed by atoms with Gasteiger partial charge in [-0.3, -0.25) is 4.79 Å². The minimum absolute atomic E-state index is 0. The second-order valence-electron chi connectivity index (χ2n) is 4.74. The van der Waals surface area contributed by atoms with Crippen LogP contribution in [0.1, 0.15) is 12.5 Å². The lowest BCUT2D eigenvalue weighted by molar-refractivity contribution is -0.119. The average molecular weight is 466 g/mol. The smallest absolute Gasteiger partial charge is 0.242 e. The number of carbonyl (C=O) groups excluding carboxylic acids is 1. The molecular weight excluding hydrogens is 439 g/mol. The van der Waals surface area contributed by atoms with E-state index in [2.05, 4.69) is 27.2 Å². The highest BCUT2D eigenvalue weighted by atomic mass is 127. The second-order valence-corrected chi connectivity index (χ2v) is 5.73. The Hall–Kier alpha value is -1.16. The Morgan fingerprint density at radius 2 is 1.92 bits per heavy atom. The van der Waals surface area contributed by atoms with Crippen molar-refractivity contribution in [2.75, 3.05) is 38.8 Å². The van der Waals surface area contributed by atoms with Crippen LogP contribution in [0.25, 0.3) is 0 Å².